The number of rotatable bonds is 2. The van der Waals surface area contributed by atoms with Crippen molar-refractivity contribution in [2.75, 3.05) is 0 Å². The Hall–Kier alpha value is -1.61. The highest BCUT2D eigenvalue weighted by Gasteiger charge is 2.12. The van der Waals surface area contributed by atoms with E-state index < -0.39 is 0 Å². The average Bonchev–Trinajstić information content (AvgIpc) is 2.77. The van der Waals surface area contributed by atoms with E-state index in [4.69, 9.17) is 0 Å². The van der Waals surface area contributed by atoms with Crippen LogP contribution in [0.15, 0.2) is 47.1 Å². The van der Waals surface area contributed by atoms with Crippen LogP contribution in [0, 0.1) is 0 Å². The van der Waals surface area contributed by atoms with Gasteiger partial charge in [-0.15, -0.1) is 0 Å². The molecule has 18 heavy (non-hydrogen) atoms. The normalized spacial score (nSPS) is 11.0. The summed E-state index contributed by atoms with van der Waals surface area (Å²) < 4.78 is 1.01. The Kier molecular flexibility index (Phi) is 2.92. The summed E-state index contributed by atoms with van der Waals surface area (Å²) in [5, 5.41) is 1.17. The van der Waals surface area contributed by atoms with Crippen molar-refractivity contribution >= 4 is 27.0 Å². The van der Waals surface area contributed by atoms with Gasteiger partial charge in [-0.05, 0) is 34.0 Å². The van der Waals surface area contributed by atoms with Gasteiger partial charge in [-0.25, -0.2) is 4.98 Å². The van der Waals surface area contributed by atoms with Gasteiger partial charge < -0.3 is 4.98 Å². The smallest absolute Gasteiger partial charge is 0.138 e. The molecule has 0 saturated carbocycles. The lowest BCUT2D eigenvalue weighted by Gasteiger charge is -2.02. The molecule has 2 aromatic heterocycles. The average molecular weight is 301 g/mol. The monoisotopic (exact) mass is 300 g/mol. The summed E-state index contributed by atoms with van der Waals surface area (Å²) >= 11 is 3.49. The Balaban J connectivity index is 2.35. The van der Waals surface area contributed by atoms with Gasteiger partial charge in [0.2, 0.25) is 0 Å². The summed E-state index contributed by atoms with van der Waals surface area (Å²) in [4.78, 5) is 7.84. The van der Waals surface area contributed by atoms with Gasteiger partial charge in [0.15, 0.2) is 0 Å². The van der Waals surface area contributed by atoms with E-state index >= 15 is 0 Å². The molecule has 0 unspecified atom stereocenters. The number of aryl methyl sites for hydroxylation is 1. The largest absolute Gasteiger partial charge is 0.343 e. The van der Waals surface area contributed by atoms with Crippen LogP contribution in [-0.2, 0) is 6.42 Å². The van der Waals surface area contributed by atoms with Crippen LogP contribution in [-0.4, -0.2) is 9.97 Å². The molecule has 0 amide bonds. The van der Waals surface area contributed by atoms with Crippen molar-refractivity contribution in [2.45, 2.75) is 13.3 Å². The van der Waals surface area contributed by atoms with Crippen LogP contribution in [0.2, 0.25) is 0 Å². The Morgan fingerprint density at radius 2 is 2.00 bits per heavy atom. The maximum Gasteiger partial charge on any atom is 0.138 e. The van der Waals surface area contributed by atoms with E-state index in [1.165, 1.54) is 22.2 Å². The molecule has 3 heteroatoms. The van der Waals surface area contributed by atoms with Crippen LogP contribution in [0.1, 0.15) is 12.6 Å². The van der Waals surface area contributed by atoms with Crippen molar-refractivity contribution in [3.05, 3.63) is 52.8 Å². The maximum atomic E-state index is 4.43. The van der Waals surface area contributed by atoms with Crippen LogP contribution in [0.3, 0.4) is 0 Å². The maximum absolute atomic E-state index is 4.43. The standard InChI is InChI=1S/C15H13BrN2/c1-2-13-14(10-6-4-3-5-7-10)12-8-11(16)9-17-15(12)18-13/h3-9H,2H2,1H3,(H,17,18). The van der Waals surface area contributed by atoms with Crippen LogP contribution in [0.25, 0.3) is 22.2 Å². The number of nitrogens with one attached hydrogen (secondary N) is 1. The lowest BCUT2D eigenvalue weighted by molar-refractivity contribution is 1.07. The number of H-pyrrole nitrogens is 1. The van der Waals surface area contributed by atoms with Gasteiger partial charge in [0.05, 0.1) is 0 Å². The third-order valence-corrected chi connectivity index (χ3v) is 3.54. The van der Waals surface area contributed by atoms with Crippen molar-refractivity contribution < 1.29 is 0 Å². The molecule has 2 heterocycles. The second kappa shape index (κ2) is 4.58. The van der Waals surface area contributed by atoms with Gasteiger partial charge >= 0.3 is 0 Å². The summed E-state index contributed by atoms with van der Waals surface area (Å²) in [6.07, 6.45) is 2.80. The Labute approximate surface area is 114 Å². The highest BCUT2D eigenvalue weighted by Crippen LogP contribution is 2.33. The van der Waals surface area contributed by atoms with Crippen molar-refractivity contribution in [1.29, 1.82) is 0 Å². The quantitative estimate of drug-likeness (QED) is 0.739. The third-order valence-electron chi connectivity index (χ3n) is 3.11. The van der Waals surface area contributed by atoms with Crippen LogP contribution in [0.5, 0.6) is 0 Å². The molecule has 0 aliphatic heterocycles. The molecule has 2 nitrogen and oxygen atoms in total. The molecule has 0 radical (unpaired) electrons. The molecule has 0 aliphatic rings. The number of hydrogen-bond donors (Lipinski definition) is 1. The zero-order valence-corrected chi connectivity index (χ0v) is 11.7. The first kappa shape index (κ1) is 11.5. The molecule has 0 saturated heterocycles. The lowest BCUT2D eigenvalue weighted by atomic mass is 10.0. The van der Waals surface area contributed by atoms with Gasteiger partial charge in [-0.1, -0.05) is 37.3 Å². The summed E-state index contributed by atoms with van der Waals surface area (Å²) in [5.74, 6) is 0. The fourth-order valence-electron chi connectivity index (χ4n) is 2.30. The van der Waals surface area contributed by atoms with Gasteiger partial charge in [-0.2, -0.15) is 0 Å². The fraction of sp³-hybridized carbons (Fsp3) is 0.133. The molecule has 0 spiro atoms. The van der Waals surface area contributed by atoms with Crippen LogP contribution in [0.4, 0.5) is 0 Å². The Morgan fingerprint density at radius 3 is 2.72 bits per heavy atom. The number of nitrogens with zero attached hydrogens (tertiary/aromatic N) is 1. The van der Waals surface area contributed by atoms with Crippen molar-refractivity contribution in [2.24, 2.45) is 0 Å². The van der Waals surface area contributed by atoms with E-state index in [0.717, 1.165) is 16.5 Å². The van der Waals surface area contributed by atoms with Gasteiger partial charge in [-0.3, -0.25) is 0 Å². The summed E-state index contributed by atoms with van der Waals surface area (Å²) in [7, 11) is 0. The Bertz CT molecular complexity index is 686. The Morgan fingerprint density at radius 1 is 1.22 bits per heavy atom. The first-order chi connectivity index (χ1) is 8.79. The molecule has 90 valence electrons. The lowest BCUT2D eigenvalue weighted by Crippen LogP contribution is -1.84. The van der Waals surface area contributed by atoms with E-state index in [1.54, 1.807) is 0 Å². The minimum atomic E-state index is 0.953. The molecular weight excluding hydrogens is 288 g/mol. The molecule has 1 aromatic carbocycles. The zero-order valence-electron chi connectivity index (χ0n) is 10.1. The number of fused-ring (bicyclic) bond motifs is 1. The molecule has 0 bridgehead atoms. The highest BCUT2D eigenvalue weighted by molar-refractivity contribution is 9.10. The van der Waals surface area contributed by atoms with E-state index in [2.05, 4.69) is 63.2 Å². The number of aromatic amines is 1. The van der Waals surface area contributed by atoms with Gasteiger partial charge in [0, 0.05) is 27.3 Å². The third kappa shape index (κ3) is 1.85. The molecule has 3 aromatic rings. The molecule has 3 rings (SSSR count). The highest BCUT2D eigenvalue weighted by atomic mass is 79.9. The zero-order chi connectivity index (χ0) is 12.5. The molecule has 0 aliphatic carbocycles. The minimum Gasteiger partial charge on any atom is -0.343 e. The second-order valence-corrected chi connectivity index (χ2v) is 5.16. The minimum absolute atomic E-state index is 0.953. The number of halogens is 1. The molecule has 0 fully saturated rings. The molecule has 0 atom stereocenters. The molecular formula is C15H13BrN2. The first-order valence-electron chi connectivity index (χ1n) is 6.01. The number of pyridine rings is 1. The van der Waals surface area contributed by atoms with E-state index in [1.807, 2.05) is 12.3 Å². The van der Waals surface area contributed by atoms with Crippen molar-refractivity contribution in [3.63, 3.8) is 0 Å². The van der Waals surface area contributed by atoms with E-state index in [-0.39, 0.29) is 0 Å². The predicted octanol–water partition coefficient (Wildman–Crippen LogP) is 4.55. The first-order valence-corrected chi connectivity index (χ1v) is 6.80. The SMILES string of the molecule is CCc1[nH]c2ncc(Br)cc2c1-c1ccccc1. The van der Waals surface area contributed by atoms with Crippen LogP contribution < -0.4 is 0 Å². The van der Waals surface area contributed by atoms with E-state index in [0.29, 0.717) is 0 Å². The van der Waals surface area contributed by atoms with E-state index in [9.17, 15) is 0 Å². The number of benzene rings is 1. The molecule has 1 N–H and O–H groups in total. The second-order valence-electron chi connectivity index (χ2n) is 4.25. The fourth-order valence-corrected chi connectivity index (χ4v) is 2.63. The van der Waals surface area contributed by atoms with Gasteiger partial charge in [0.1, 0.15) is 5.65 Å². The summed E-state index contributed by atoms with van der Waals surface area (Å²) in [6, 6.07) is 12.6. The number of hydrogen-bond acceptors (Lipinski definition) is 1. The van der Waals surface area contributed by atoms with Crippen LogP contribution >= 0.6 is 15.9 Å². The van der Waals surface area contributed by atoms with Crippen molar-refractivity contribution in [3.8, 4) is 11.1 Å². The summed E-state index contributed by atoms with van der Waals surface area (Å²) in [6.45, 7) is 2.16. The van der Waals surface area contributed by atoms with Crippen molar-refractivity contribution in [1.82, 2.24) is 9.97 Å². The topological polar surface area (TPSA) is 28.7 Å². The number of aromatic nitrogens is 2. The predicted molar refractivity (Wildman–Crippen MR) is 78.6 cm³/mol. The van der Waals surface area contributed by atoms with Gasteiger partial charge in [0.25, 0.3) is 0 Å². The summed E-state index contributed by atoms with van der Waals surface area (Å²) in [5.41, 5.74) is 4.69.